The molecule has 2 aromatic rings. The first-order chi connectivity index (χ1) is 12.1. The van der Waals surface area contributed by atoms with E-state index in [9.17, 15) is 9.59 Å². The second kappa shape index (κ2) is 7.25. The van der Waals surface area contributed by atoms with Crippen LogP contribution in [0.1, 0.15) is 16.8 Å². The Balaban J connectivity index is 1.69. The average molecular weight is 344 g/mol. The zero-order valence-electron chi connectivity index (χ0n) is 14.1. The number of nitrogens with zero attached hydrogens (tertiary/aromatic N) is 2. The Bertz CT molecular complexity index is 760. The van der Waals surface area contributed by atoms with E-state index in [0.717, 1.165) is 0 Å². The van der Waals surface area contributed by atoms with Crippen LogP contribution in [-0.2, 0) is 4.79 Å². The van der Waals surface area contributed by atoms with Gasteiger partial charge in [-0.3, -0.25) is 14.7 Å². The molecule has 132 valence electrons. The number of aromatic amines is 1. The SMILES string of the molecule is COc1ccc(OC)c(C(=O)N2CC[C@H](C(=O)Nc3cn[nH]c3)C2)c1. The van der Waals surface area contributed by atoms with Crippen LogP contribution in [0.5, 0.6) is 11.5 Å². The van der Waals surface area contributed by atoms with Crippen molar-refractivity contribution < 1.29 is 19.1 Å². The Hall–Kier alpha value is -3.03. The molecular formula is C17H20N4O4. The van der Waals surface area contributed by atoms with Crippen LogP contribution in [0.15, 0.2) is 30.6 Å². The molecule has 1 saturated heterocycles. The highest BCUT2D eigenvalue weighted by atomic mass is 16.5. The molecular weight excluding hydrogens is 324 g/mol. The average Bonchev–Trinajstić information content (AvgIpc) is 3.32. The highest BCUT2D eigenvalue weighted by Crippen LogP contribution is 2.28. The molecule has 2 N–H and O–H groups in total. The van der Waals surface area contributed by atoms with Crippen molar-refractivity contribution >= 4 is 17.5 Å². The van der Waals surface area contributed by atoms with E-state index in [2.05, 4.69) is 15.5 Å². The molecule has 2 heterocycles. The van der Waals surface area contributed by atoms with Crippen LogP contribution in [0.25, 0.3) is 0 Å². The van der Waals surface area contributed by atoms with Crippen LogP contribution in [-0.4, -0.2) is 54.2 Å². The van der Waals surface area contributed by atoms with Gasteiger partial charge in [0.25, 0.3) is 5.91 Å². The molecule has 1 atom stereocenters. The Morgan fingerprint density at radius 3 is 2.84 bits per heavy atom. The Labute approximate surface area is 145 Å². The van der Waals surface area contributed by atoms with Gasteiger partial charge in [-0.15, -0.1) is 0 Å². The van der Waals surface area contributed by atoms with Crippen LogP contribution < -0.4 is 14.8 Å². The summed E-state index contributed by atoms with van der Waals surface area (Å²) in [6.45, 7) is 0.881. The number of carbonyl (C=O) groups excluding carboxylic acids is 2. The van der Waals surface area contributed by atoms with Crippen molar-refractivity contribution in [1.82, 2.24) is 15.1 Å². The molecule has 3 rings (SSSR count). The van der Waals surface area contributed by atoms with Crippen LogP contribution in [0.4, 0.5) is 5.69 Å². The Kier molecular flexibility index (Phi) is 4.87. The van der Waals surface area contributed by atoms with E-state index in [4.69, 9.17) is 9.47 Å². The number of carbonyl (C=O) groups is 2. The maximum atomic E-state index is 12.8. The van der Waals surface area contributed by atoms with Gasteiger partial charge in [0.2, 0.25) is 5.91 Å². The van der Waals surface area contributed by atoms with Gasteiger partial charge in [0.05, 0.1) is 37.6 Å². The summed E-state index contributed by atoms with van der Waals surface area (Å²) in [4.78, 5) is 26.8. The third kappa shape index (κ3) is 3.57. The molecule has 8 heteroatoms. The second-order valence-corrected chi connectivity index (χ2v) is 5.78. The van der Waals surface area contributed by atoms with Crippen molar-refractivity contribution in [1.29, 1.82) is 0 Å². The summed E-state index contributed by atoms with van der Waals surface area (Å²) >= 11 is 0. The van der Waals surface area contributed by atoms with E-state index in [0.29, 0.717) is 42.3 Å². The number of ether oxygens (including phenoxy) is 2. The van der Waals surface area contributed by atoms with Crippen LogP contribution in [0.3, 0.4) is 0 Å². The second-order valence-electron chi connectivity index (χ2n) is 5.78. The lowest BCUT2D eigenvalue weighted by atomic mass is 10.1. The van der Waals surface area contributed by atoms with Gasteiger partial charge < -0.3 is 19.7 Å². The van der Waals surface area contributed by atoms with Crippen LogP contribution in [0, 0.1) is 5.92 Å². The number of nitrogens with one attached hydrogen (secondary N) is 2. The van der Waals surface area contributed by atoms with Gasteiger partial charge in [-0.1, -0.05) is 0 Å². The lowest BCUT2D eigenvalue weighted by molar-refractivity contribution is -0.119. The summed E-state index contributed by atoms with van der Waals surface area (Å²) in [5.41, 5.74) is 1.04. The maximum Gasteiger partial charge on any atom is 0.257 e. The predicted octanol–water partition coefficient (Wildman–Crippen LogP) is 1.53. The molecule has 0 spiro atoms. The van der Waals surface area contributed by atoms with Gasteiger partial charge in [-0.25, -0.2) is 0 Å². The molecule has 8 nitrogen and oxygen atoms in total. The monoisotopic (exact) mass is 344 g/mol. The molecule has 1 aliphatic heterocycles. The topological polar surface area (TPSA) is 96.6 Å². The fraction of sp³-hybridized carbons (Fsp3) is 0.353. The van der Waals surface area contributed by atoms with Crippen LogP contribution >= 0.6 is 0 Å². The summed E-state index contributed by atoms with van der Waals surface area (Å²) in [6, 6.07) is 5.09. The zero-order valence-corrected chi connectivity index (χ0v) is 14.1. The zero-order chi connectivity index (χ0) is 17.8. The van der Waals surface area contributed by atoms with Gasteiger partial charge in [0.1, 0.15) is 11.5 Å². The number of hydrogen-bond acceptors (Lipinski definition) is 5. The molecule has 0 radical (unpaired) electrons. The van der Waals surface area contributed by atoms with Crippen LogP contribution in [0.2, 0.25) is 0 Å². The minimum Gasteiger partial charge on any atom is -0.497 e. The normalized spacial score (nSPS) is 16.6. The van der Waals surface area contributed by atoms with Crippen molar-refractivity contribution in [3.63, 3.8) is 0 Å². The number of rotatable bonds is 5. The first-order valence-electron chi connectivity index (χ1n) is 7.93. The summed E-state index contributed by atoms with van der Waals surface area (Å²) in [7, 11) is 3.06. The van der Waals surface area contributed by atoms with Crippen molar-refractivity contribution in [3.8, 4) is 11.5 Å². The summed E-state index contributed by atoms with van der Waals surface area (Å²) in [6.07, 6.45) is 3.76. The smallest absolute Gasteiger partial charge is 0.257 e. The van der Waals surface area contributed by atoms with E-state index in [-0.39, 0.29) is 17.7 Å². The molecule has 1 fully saturated rings. The molecule has 0 saturated carbocycles. The third-order valence-corrected chi connectivity index (χ3v) is 4.25. The number of aromatic nitrogens is 2. The van der Waals surface area contributed by atoms with Crippen molar-refractivity contribution in [2.75, 3.05) is 32.6 Å². The van der Waals surface area contributed by atoms with E-state index < -0.39 is 0 Å². The van der Waals surface area contributed by atoms with E-state index in [1.54, 1.807) is 36.4 Å². The predicted molar refractivity (Wildman–Crippen MR) is 90.8 cm³/mol. The molecule has 0 aliphatic carbocycles. The number of hydrogen-bond donors (Lipinski definition) is 2. The number of likely N-dealkylation sites (tertiary alicyclic amines) is 1. The quantitative estimate of drug-likeness (QED) is 0.857. The molecule has 1 aromatic heterocycles. The Morgan fingerprint density at radius 2 is 2.16 bits per heavy atom. The molecule has 0 unspecified atom stereocenters. The van der Waals surface area contributed by atoms with Crippen molar-refractivity contribution in [2.45, 2.75) is 6.42 Å². The first kappa shape index (κ1) is 16.8. The molecule has 1 aliphatic rings. The summed E-state index contributed by atoms with van der Waals surface area (Å²) in [5, 5.41) is 9.22. The van der Waals surface area contributed by atoms with Gasteiger partial charge in [-0.05, 0) is 24.6 Å². The summed E-state index contributed by atoms with van der Waals surface area (Å²) < 4.78 is 10.5. The largest absolute Gasteiger partial charge is 0.497 e. The molecule has 0 bridgehead atoms. The minimum absolute atomic E-state index is 0.116. The third-order valence-electron chi connectivity index (χ3n) is 4.25. The minimum atomic E-state index is -0.254. The van der Waals surface area contributed by atoms with Gasteiger partial charge in [-0.2, -0.15) is 5.10 Å². The van der Waals surface area contributed by atoms with E-state index in [1.165, 1.54) is 13.3 Å². The maximum absolute atomic E-state index is 12.8. The van der Waals surface area contributed by atoms with Crippen molar-refractivity contribution in [2.24, 2.45) is 5.92 Å². The number of H-pyrrole nitrogens is 1. The number of benzene rings is 1. The van der Waals surface area contributed by atoms with E-state index >= 15 is 0 Å². The number of anilines is 1. The molecule has 2 amide bonds. The summed E-state index contributed by atoms with van der Waals surface area (Å²) in [5.74, 6) is 0.522. The van der Waals surface area contributed by atoms with Gasteiger partial charge >= 0.3 is 0 Å². The van der Waals surface area contributed by atoms with E-state index in [1.807, 2.05) is 0 Å². The lowest BCUT2D eigenvalue weighted by Crippen LogP contribution is -2.31. The standard InChI is InChI=1S/C17H20N4O4/c1-24-13-3-4-15(25-2)14(7-13)17(23)21-6-5-11(10-21)16(22)20-12-8-18-19-9-12/h3-4,7-9,11H,5-6,10H2,1-2H3,(H,18,19)(H,20,22)/t11-/m0/s1. The highest BCUT2D eigenvalue weighted by Gasteiger charge is 2.32. The fourth-order valence-electron chi connectivity index (χ4n) is 2.87. The number of amides is 2. The molecule has 1 aromatic carbocycles. The molecule has 25 heavy (non-hydrogen) atoms. The highest BCUT2D eigenvalue weighted by molar-refractivity contribution is 5.99. The lowest BCUT2D eigenvalue weighted by Gasteiger charge is -2.18. The fourth-order valence-corrected chi connectivity index (χ4v) is 2.87. The Morgan fingerprint density at radius 1 is 1.32 bits per heavy atom. The van der Waals surface area contributed by atoms with Crippen molar-refractivity contribution in [3.05, 3.63) is 36.2 Å². The van der Waals surface area contributed by atoms with Gasteiger partial charge in [0.15, 0.2) is 0 Å². The first-order valence-corrected chi connectivity index (χ1v) is 7.93. The number of methoxy groups -OCH3 is 2. The van der Waals surface area contributed by atoms with Gasteiger partial charge in [0, 0.05) is 19.3 Å².